The van der Waals surface area contributed by atoms with Gasteiger partial charge in [-0.05, 0) is 19.4 Å². The fourth-order valence-electron chi connectivity index (χ4n) is 2.26. The maximum atomic E-state index is 12.5. The first-order chi connectivity index (χ1) is 10.0. The Balaban J connectivity index is 1.94. The predicted molar refractivity (Wildman–Crippen MR) is 79.5 cm³/mol. The van der Waals surface area contributed by atoms with E-state index in [2.05, 4.69) is 5.32 Å². The van der Waals surface area contributed by atoms with Gasteiger partial charge in [-0.2, -0.15) is 0 Å². The number of hydrogen-bond donors (Lipinski definition) is 1. The summed E-state index contributed by atoms with van der Waals surface area (Å²) in [5, 5.41) is 2.84. The van der Waals surface area contributed by atoms with E-state index in [4.69, 9.17) is 4.74 Å². The molecular formula is C16H22N2O3. The molecule has 1 fully saturated rings. The molecule has 1 aromatic carbocycles. The molecule has 21 heavy (non-hydrogen) atoms. The van der Waals surface area contributed by atoms with E-state index >= 15 is 0 Å². The van der Waals surface area contributed by atoms with E-state index in [0.29, 0.717) is 32.8 Å². The van der Waals surface area contributed by atoms with Gasteiger partial charge in [-0.25, -0.2) is 0 Å². The van der Waals surface area contributed by atoms with Crippen molar-refractivity contribution in [1.29, 1.82) is 0 Å². The Morgan fingerprint density at radius 3 is 2.43 bits per heavy atom. The van der Waals surface area contributed by atoms with Crippen LogP contribution in [0, 0.1) is 5.41 Å². The predicted octanol–water partition coefficient (Wildman–Crippen LogP) is 1.19. The zero-order chi connectivity index (χ0) is 15.3. The number of ether oxygens (including phenoxy) is 1. The van der Waals surface area contributed by atoms with Crippen molar-refractivity contribution < 1.29 is 14.3 Å². The second-order valence-electron chi connectivity index (χ2n) is 5.70. The van der Waals surface area contributed by atoms with E-state index in [1.165, 1.54) is 0 Å². The quantitative estimate of drug-likeness (QED) is 0.847. The minimum absolute atomic E-state index is 0.142. The highest BCUT2D eigenvalue weighted by molar-refractivity contribution is 6.04. The molecule has 114 valence electrons. The van der Waals surface area contributed by atoms with Gasteiger partial charge in [0.25, 0.3) is 0 Å². The summed E-state index contributed by atoms with van der Waals surface area (Å²) in [4.78, 5) is 26.5. The molecule has 0 saturated carbocycles. The average molecular weight is 290 g/mol. The molecular weight excluding hydrogens is 268 g/mol. The number of carbonyl (C=O) groups is 2. The molecule has 1 aromatic rings. The molecule has 1 saturated heterocycles. The largest absolute Gasteiger partial charge is 0.378 e. The summed E-state index contributed by atoms with van der Waals surface area (Å²) in [6.07, 6.45) is 0. The molecule has 0 radical (unpaired) electrons. The lowest BCUT2D eigenvalue weighted by atomic mass is 9.90. The van der Waals surface area contributed by atoms with Crippen molar-refractivity contribution in [3.8, 4) is 0 Å². The van der Waals surface area contributed by atoms with Gasteiger partial charge in [-0.1, -0.05) is 30.3 Å². The van der Waals surface area contributed by atoms with Gasteiger partial charge in [0.1, 0.15) is 5.41 Å². The minimum atomic E-state index is -1.06. The first kappa shape index (κ1) is 15.5. The smallest absolute Gasteiger partial charge is 0.237 e. The molecule has 1 aliphatic heterocycles. The normalized spacial score (nSPS) is 15.6. The summed E-state index contributed by atoms with van der Waals surface area (Å²) in [6, 6.07) is 9.66. The van der Waals surface area contributed by atoms with Crippen LogP contribution in [0.4, 0.5) is 0 Å². The molecule has 0 spiro atoms. The van der Waals surface area contributed by atoms with Crippen molar-refractivity contribution in [2.75, 3.05) is 26.3 Å². The Bertz CT molecular complexity index is 494. The summed E-state index contributed by atoms with van der Waals surface area (Å²) in [5.74, 6) is -0.390. The number of benzene rings is 1. The topological polar surface area (TPSA) is 58.6 Å². The van der Waals surface area contributed by atoms with E-state index in [-0.39, 0.29) is 11.8 Å². The fraction of sp³-hybridized carbons (Fsp3) is 0.500. The highest BCUT2D eigenvalue weighted by Crippen LogP contribution is 2.20. The lowest BCUT2D eigenvalue weighted by molar-refractivity contribution is -0.151. The van der Waals surface area contributed by atoms with Crippen LogP contribution in [0.1, 0.15) is 19.4 Å². The molecule has 0 aliphatic carbocycles. The van der Waals surface area contributed by atoms with Crippen LogP contribution in [-0.2, 0) is 20.9 Å². The zero-order valence-electron chi connectivity index (χ0n) is 12.6. The van der Waals surface area contributed by atoms with Gasteiger partial charge < -0.3 is 15.0 Å². The number of rotatable bonds is 4. The zero-order valence-corrected chi connectivity index (χ0v) is 12.6. The number of hydrogen-bond acceptors (Lipinski definition) is 3. The Morgan fingerprint density at radius 2 is 1.81 bits per heavy atom. The average Bonchev–Trinajstić information content (AvgIpc) is 2.53. The van der Waals surface area contributed by atoms with Crippen LogP contribution < -0.4 is 5.32 Å². The molecule has 0 unspecified atom stereocenters. The Kier molecular flexibility index (Phi) is 4.96. The second-order valence-corrected chi connectivity index (χ2v) is 5.70. The van der Waals surface area contributed by atoms with E-state index in [9.17, 15) is 9.59 Å². The van der Waals surface area contributed by atoms with Crippen LogP contribution >= 0.6 is 0 Å². The molecule has 5 heteroatoms. The van der Waals surface area contributed by atoms with Crippen molar-refractivity contribution in [1.82, 2.24) is 10.2 Å². The van der Waals surface area contributed by atoms with Crippen LogP contribution in [0.15, 0.2) is 30.3 Å². The van der Waals surface area contributed by atoms with Crippen LogP contribution in [0.25, 0.3) is 0 Å². The fourth-order valence-corrected chi connectivity index (χ4v) is 2.26. The van der Waals surface area contributed by atoms with Crippen molar-refractivity contribution in [3.05, 3.63) is 35.9 Å². The number of morpholine rings is 1. The summed E-state index contributed by atoms with van der Waals surface area (Å²) < 4.78 is 5.23. The van der Waals surface area contributed by atoms with Gasteiger partial charge in [-0.3, -0.25) is 9.59 Å². The number of nitrogens with zero attached hydrogens (tertiary/aromatic N) is 1. The van der Waals surface area contributed by atoms with Crippen molar-refractivity contribution in [2.24, 2.45) is 5.41 Å². The Labute approximate surface area is 125 Å². The molecule has 5 nitrogen and oxygen atoms in total. The minimum Gasteiger partial charge on any atom is -0.378 e. The van der Waals surface area contributed by atoms with Gasteiger partial charge in [0, 0.05) is 19.6 Å². The Morgan fingerprint density at radius 1 is 1.19 bits per heavy atom. The lowest BCUT2D eigenvalue weighted by Gasteiger charge is -2.33. The highest BCUT2D eigenvalue weighted by atomic mass is 16.5. The summed E-state index contributed by atoms with van der Waals surface area (Å²) >= 11 is 0. The molecule has 0 bridgehead atoms. The summed E-state index contributed by atoms with van der Waals surface area (Å²) in [7, 11) is 0. The summed E-state index contributed by atoms with van der Waals surface area (Å²) in [6.45, 7) is 5.94. The number of amides is 2. The van der Waals surface area contributed by atoms with E-state index < -0.39 is 5.41 Å². The molecule has 1 N–H and O–H groups in total. The van der Waals surface area contributed by atoms with Crippen molar-refractivity contribution in [3.63, 3.8) is 0 Å². The second kappa shape index (κ2) is 6.72. The van der Waals surface area contributed by atoms with Gasteiger partial charge in [-0.15, -0.1) is 0 Å². The first-order valence-corrected chi connectivity index (χ1v) is 7.21. The first-order valence-electron chi connectivity index (χ1n) is 7.21. The van der Waals surface area contributed by atoms with Crippen molar-refractivity contribution >= 4 is 11.8 Å². The van der Waals surface area contributed by atoms with Crippen molar-refractivity contribution in [2.45, 2.75) is 20.4 Å². The van der Waals surface area contributed by atoms with E-state index in [1.54, 1.807) is 18.7 Å². The molecule has 1 aliphatic rings. The van der Waals surface area contributed by atoms with Crippen LogP contribution in [0.5, 0.6) is 0 Å². The van der Waals surface area contributed by atoms with Crippen LogP contribution in [0.3, 0.4) is 0 Å². The lowest BCUT2D eigenvalue weighted by Crippen LogP contribution is -2.52. The molecule has 1 heterocycles. The standard InChI is InChI=1S/C16H22N2O3/c1-16(2,15(20)18-8-10-21-11-9-18)14(19)17-12-13-6-4-3-5-7-13/h3-7H,8-12H2,1-2H3,(H,17,19). The maximum absolute atomic E-state index is 12.5. The van der Waals surface area contributed by atoms with Crippen LogP contribution in [0.2, 0.25) is 0 Å². The maximum Gasteiger partial charge on any atom is 0.237 e. The highest BCUT2D eigenvalue weighted by Gasteiger charge is 2.39. The number of nitrogens with one attached hydrogen (secondary N) is 1. The third kappa shape index (κ3) is 3.82. The summed E-state index contributed by atoms with van der Waals surface area (Å²) in [5.41, 5.74) is -0.0490. The third-order valence-corrected chi connectivity index (χ3v) is 3.70. The van der Waals surface area contributed by atoms with Crippen LogP contribution in [-0.4, -0.2) is 43.0 Å². The number of carbonyl (C=O) groups excluding carboxylic acids is 2. The molecule has 2 amide bonds. The van der Waals surface area contributed by atoms with E-state index in [0.717, 1.165) is 5.56 Å². The molecule has 0 atom stereocenters. The van der Waals surface area contributed by atoms with Gasteiger partial charge in [0.2, 0.25) is 11.8 Å². The SMILES string of the molecule is CC(C)(C(=O)NCc1ccccc1)C(=O)N1CCOCC1. The van der Waals surface area contributed by atoms with E-state index in [1.807, 2.05) is 30.3 Å². The monoisotopic (exact) mass is 290 g/mol. The Hall–Kier alpha value is -1.88. The molecule has 2 rings (SSSR count). The van der Waals surface area contributed by atoms with Gasteiger partial charge in [0.15, 0.2) is 0 Å². The van der Waals surface area contributed by atoms with Gasteiger partial charge in [0.05, 0.1) is 13.2 Å². The third-order valence-electron chi connectivity index (χ3n) is 3.70. The molecule has 0 aromatic heterocycles. The van der Waals surface area contributed by atoms with Gasteiger partial charge >= 0.3 is 0 Å².